The van der Waals surface area contributed by atoms with Crippen LogP contribution >= 0.6 is 11.8 Å². The maximum absolute atomic E-state index is 10.1. The van der Waals surface area contributed by atoms with Gasteiger partial charge in [-0.3, -0.25) is 0 Å². The Hall–Kier alpha value is 0.270. The van der Waals surface area contributed by atoms with Gasteiger partial charge in [0.25, 0.3) is 0 Å². The molecule has 0 spiro atoms. The van der Waals surface area contributed by atoms with Crippen molar-refractivity contribution in [3.8, 4) is 0 Å². The Morgan fingerprint density at radius 3 is 1.86 bits per heavy atom. The fourth-order valence-electron chi connectivity index (χ4n) is 2.28. The lowest BCUT2D eigenvalue weighted by atomic mass is 9.72. The Balaban J connectivity index is 2.80. The van der Waals surface area contributed by atoms with Crippen LogP contribution in [0.1, 0.15) is 34.1 Å². The number of aliphatic hydroxyl groups is 2. The van der Waals surface area contributed by atoms with Crippen LogP contribution in [0.4, 0.5) is 0 Å². The lowest BCUT2D eigenvalue weighted by Crippen LogP contribution is -2.48. The van der Waals surface area contributed by atoms with Crippen LogP contribution in [0.2, 0.25) is 0 Å². The van der Waals surface area contributed by atoms with Gasteiger partial charge in [0.1, 0.15) is 0 Å². The van der Waals surface area contributed by atoms with Crippen LogP contribution < -0.4 is 0 Å². The lowest BCUT2D eigenvalue weighted by molar-refractivity contribution is -0.0747. The molecule has 2 N–H and O–H groups in total. The van der Waals surface area contributed by atoms with Gasteiger partial charge in [0, 0.05) is 5.92 Å². The summed E-state index contributed by atoms with van der Waals surface area (Å²) in [5.74, 6) is 2.46. The Morgan fingerprint density at radius 1 is 1.00 bits per heavy atom. The zero-order valence-electron chi connectivity index (χ0n) is 9.58. The molecule has 2 nitrogen and oxygen atoms in total. The van der Waals surface area contributed by atoms with Gasteiger partial charge >= 0.3 is 0 Å². The van der Waals surface area contributed by atoms with Gasteiger partial charge in [-0.25, -0.2) is 0 Å². The first-order valence-electron chi connectivity index (χ1n) is 5.25. The number of hydrogen-bond acceptors (Lipinski definition) is 3. The third-order valence-electron chi connectivity index (χ3n) is 3.17. The number of hydrogen-bond donors (Lipinski definition) is 2. The molecule has 1 fully saturated rings. The SMILES string of the molecule is CC(C)(O)C1CCSCC1C(C)(C)O. The zero-order chi connectivity index (χ0) is 11.0. The summed E-state index contributed by atoms with van der Waals surface area (Å²) in [5.41, 5.74) is -1.36. The highest BCUT2D eigenvalue weighted by atomic mass is 32.2. The van der Waals surface area contributed by atoms with Gasteiger partial charge in [0.2, 0.25) is 0 Å². The van der Waals surface area contributed by atoms with E-state index in [9.17, 15) is 10.2 Å². The van der Waals surface area contributed by atoms with Crippen LogP contribution in [0.5, 0.6) is 0 Å². The first kappa shape index (κ1) is 12.3. The van der Waals surface area contributed by atoms with Gasteiger partial charge in [0.15, 0.2) is 0 Å². The zero-order valence-corrected chi connectivity index (χ0v) is 10.4. The highest BCUT2D eigenvalue weighted by Gasteiger charge is 2.42. The second kappa shape index (κ2) is 4.03. The second-order valence-electron chi connectivity index (χ2n) is 5.38. The van der Waals surface area contributed by atoms with E-state index in [1.807, 2.05) is 39.5 Å². The second-order valence-corrected chi connectivity index (χ2v) is 6.53. The van der Waals surface area contributed by atoms with Crippen molar-refractivity contribution in [2.45, 2.75) is 45.3 Å². The summed E-state index contributed by atoms with van der Waals surface area (Å²) < 4.78 is 0. The standard InChI is InChI=1S/C11H22O2S/c1-10(2,12)8-5-6-14-7-9(8)11(3,4)13/h8-9,12-13H,5-7H2,1-4H3. The topological polar surface area (TPSA) is 40.5 Å². The highest BCUT2D eigenvalue weighted by Crippen LogP contribution is 2.41. The van der Waals surface area contributed by atoms with E-state index < -0.39 is 11.2 Å². The van der Waals surface area contributed by atoms with Gasteiger partial charge in [-0.15, -0.1) is 0 Å². The van der Waals surface area contributed by atoms with Gasteiger partial charge in [0.05, 0.1) is 11.2 Å². The predicted molar refractivity (Wildman–Crippen MR) is 61.5 cm³/mol. The molecule has 84 valence electrons. The Kier molecular flexibility index (Phi) is 3.55. The molecule has 14 heavy (non-hydrogen) atoms. The monoisotopic (exact) mass is 218 g/mol. The summed E-state index contributed by atoms with van der Waals surface area (Å²) >= 11 is 1.88. The lowest BCUT2D eigenvalue weighted by Gasteiger charge is -2.44. The first-order chi connectivity index (χ1) is 6.23. The van der Waals surface area contributed by atoms with E-state index in [-0.39, 0.29) is 11.8 Å². The first-order valence-corrected chi connectivity index (χ1v) is 6.41. The van der Waals surface area contributed by atoms with E-state index in [4.69, 9.17) is 0 Å². The molecule has 0 amide bonds. The molecule has 1 saturated heterocycles. The minimum atomic E-state index is -0.682. The predicted octanol–water partition coefficient (Wildman–Crippen LogP) is 1.90. The maximum Gasteiger partial charge on any atom is 0.0631 e. The van der Waals surface area contributed by atoms with Gasteiger partial charge in [-0.05, 0) is 51.5 Å². The van der Waals surface area contributed by atoms with Gasteiger partial charge in [-0.2, -0.15) is 11.8 Å². The van der Waals surface area contributed by atoms with Crippen LogP contribution in [0.25, 0.3) is 0 Å². The normalized spacial score (nSPS) is 30.4. The summed E-state index contributed by atoms with van der Waals surface area (Å²) in [6.07, 6.45) is 1.00. The van der Waals surface area contributed by atoms with Crippen molar-refractivity contribution < 1.29 is 10.2 Å². The van der Waals surface area contributed by atoms with Crippen molar-refractivity contribution in [1.82, 2.24) is 0 Å². The molecule has 0 radical (unpaired) electrons. The maximum atomic E-state index is 10.1. The van der Waals surface area contributed by atoms with Crippen molar-refractivity contribution in [3.05, 3.63) is 0 Å². The fourth-order valence-corrected chi connectivity index (χ4v) is 3.76. The molecule has 1 rings (SSSR count). The van der Waals surface area contributed by atoms with Crippen molar-refractivity contribution in [2.24, 2.45) is 11.8 Å². The largest absolute Gasteiger partial charge is 0.390 e. The van der Waals surface area contributed by atoms with Crippen molar-refractivity contribution in [2.75, 3.05) is 11.5 Å². The molecule has 2 unspecified atom stereocenters. The minimum absolute atomic E-state index is 0.196. The van der Waals surface area contributed by atoms with E-state index in [0.717, 1.165) is 17.9 Å². The number of rotatable bonds is 2. The van der Waals surface area contributed by atoms with E-state index in [1.165, 1.54) is 0 Å². The average Bonchev–Trinajstić information content (AvgIpc) is 2.01. The smallest absolute Gasteiger partial charge is 0.0631 e. The fraction of sp³-hybridized carbons (Fsp3) is 1.00. The molecule has 1 aliphatic heterocycles. The van der Waals surface area contributed by atoms with Crippen LogP contribution in [-0.4, -0.2) is 32.9 Å². The van der Waals surface area contributed by atoms with Crippen molar-refractivity contribution >= 4 is 11.8 Å². The molecule has 1 heterocycles. The average molecular weight is 218 g/mol. The molecular formula is C11H22O2S. The summed E-state index contributed by atoms with van der Waals surface area (Å²) in [6, 6.07) is 0. The van der Waals surface area contributed by atoms with Gasteiger partial charge < -0.3 is 10.2 Å². The third kappa shape index (κ3) is 2.88. The summed E-state index contributed by atoms with van der Waals surface area (Å²) in [6.45, 7) is 7.41. The Morgan fingerprint density at radius 2 is 1.50 bits per heavy atom. The quantitative estimate of drug-likeness (QED) is 0.743. The molecule has 0 saturated carbocycles. The van der Waals surface area contributed by atoms with E-state index in [1.54, 1.807) is 0 Å². The number of thioether (sulfide) groups is 1. The van der Waals surface area contributed by atoms with E-state index in [0.29, 0.717) is 0 Å². The molecule has 0 bridgehead atoms. The van der Waals surface area contributed by atoms with Crippen LogP contribution in [-0.2, 0) is 0 Å². The van der Waals surface area contributed by atoms with Crippen LogP contribution in [0.15, 0.2) is 0 Å². The summed E-state index contributed by atoms with van der Waals surface area (Å²) in [4.78, 5) is 0. The summed E-state index contributed by atoms with van der Waals surface area (Å²) in [7, 11) is 0. The molecule has 1 aliphatic rings. The molecule has 0 aromatic carbocycles. The van der Waals surface area contributed by atoms with Gasteiger partial charge in [-0.1, -0.05) is 0 Å². The highest BCUT2D eigenvalue weighted by molar-refractivity contribution is 7.99. The van der Waals surface area contributed by atoms with Crippen molar-refractivity contribution in [3.63, 3.8) is 0 Å². The minimum Gasteiger partial charge on any atom is -0.390 e. The van der Waals surface area contributed by atoms with E-state index >= 15 is 0 Å². The summed E-state index contributed by atoms with van der Waals surface area (Å²) in [5, 5.41) is 20.1. The van der Waals surface area contributed by atoms with Crippen molar-refractivity contribution in [1.29, 1.82) is 0 Å². The molecule has 3 heteroatoms. The Labute approximate surface area is 91.1 Å². The molecule has 0 aromatic rings. The molecule has 0 aromatic heterocycles. The molecule has 0 aliphatic carbocycles. The molecule has 2 atom stereocenters. The third-order valence-corrected chi connectivity index (χ3v) is 4.29. The van der Waals surface area contributed by atoms with Crippen LogP contribution in [0.3, 0.4) is 0 Å². The molecular weight excluding hydrogens is 196 g/mol. The van der Waals surface area contributed by atoms with E-state index in [2.05, 4.69) is 0 Å². The van der Waals surface area contributed by atoms with Crippen LogP contribution in [0, 0.1) is 11.8 Å². The Bertz CT molecular complexity index is 168.